The van der Waals surface area contributed by atoms with E-state index in [2.05, 4.69) is 5.10 Å². The van der Waals surface area contributed by atoms with Crippen LogP contribution in [0.1, 0.15) is 19.4 Å². The van der Waals surface area contributed by atoms with E-state index in [0.29, 0.717) is 15.2 Å². The van der Waals surface area contributed by atoms with Crippen molar-refractivity contribution in [3.05, 3.63) is 21.3 Å². The van der Waals surface area contributed by atoms with Crippen LogP contribution < -0.4 is 14.9 Å². The summed E-state index contributed by atoms with van der Waals surface area (Å²) in [4.78, 5) is 0. The van der Waals surface area contributed by atoms with Gasteiger partial charge in [0.2, 0.25) is 0 Å². The van der Waals surface area contributed by atoms with Crippen LogP contribution in [0.3, 0.4) is 0 Å². The molecule has 0 atom stereocenters. The van der Waals surface area contributed by atoms with E-state index in [1.165, 1.54) is 13.2 Å². The van der Waals surface area contributed by atoms with Gasteiger partial charge in [0.05, 0.1) is 19.4 Å². The van der Waals surface area contributed by atoms with Crippen LogP contribution in [-0.2, 0) is 0 Å². The van der Waals surface area contributed by atoms with E-state index < -0.39 is 18.1 Å². The summed E-state index contributed by atoms with van der Waals surface area (Å²) in [5.41, 5.74) is 0.602. The minimum Gasteiger partial charge on any atom is -0.493 e. The van der Waals surface area contributed by atoms with Crippen LogP contribution in [0.4, 0.5) is 30.7 Å². The Morgan fingerprint density at radius 1 is 1.12 bits per heavy atom. The molecule has 0 radical (unpaired) electrons. The second-order valence-corrected chi connectivity index (χ2v) is 6.46. The van der Waals surface area contributed by atoms with Gasteiger partial charge in [0.25, 0.3) is 0 Å². The summed E-state index contributed by atoms with van der Waals surface area (Å²) in [7, 11) is 1.32. The SMILES string of the molecule is COc1cc(I)cc(/C=N\NC(F)(F)C(F)(F)C(F)(F)F)c1OC(C)C. The number of nitrogens with one attached hydrogen (secondary N) is 1. The molecule has 0 fully saturated rings. The zero-order valence-electron chi connectivity index (χ0n) is 13.6. The van der Waals surface area contributed by atoms with Crippen molar-refractivity contribution < 1.29 is 40.2 Å². The van der Waals surface area contributed by atoms with E-state index >= 15 is 0 Å². The maximum absolute atomic E-state index is 13.2. The highest BCUT2D eigenvalue weighted by Gasteiger charge is 2.73. The number of hydrogen-bond acceptors (Lipinski definition) is 4. The number of benzene rings is 1. The highest BCUT2D eigenvalue weighted by atomic mass is 127. The number of alkyl halides is 7. The Bertz CT molecular complexity index is 663. The van der Waals surface area contributed by atoms with Gasteiger partial charge < -0.3 is 9.47 Å². The van der Waals surface area contributed by atoms with Crippen molar-refractivity contribution in [1.82, 2.24) is 5.43 Å². The molecule has 1 rings (SSSR count). The minimum absolute atomic E-state index is 0.0427. The van der Waals surface area contributed by atoms with Gasteiger partial charge in [-0.05, 0) is 48.6 Å². The highest BCUT2D eigenvalue weighted by molar-refractivity contribution is 14.1. The molecule has 0 aromatic heterocycles. The zero-order valence-corrected chi connectivity index (χ0v) is 15.8. The first-order chi connectivity index (χ1) is 11.7. The second kappa shape index (κ2) is 8.05. The quantitative estimate of drug-likeness (QED) is 0.192. The van der Waals surface area contributed by atoms with Gasteiger partial charge in [-0.15, -0.1) is 0 Å². The summed E-state index contributed by atoms with van der Waals surface area (Å²) in [6, 6.07) is -2.70. The lowest BCUT2D eigenvalue weighted by Crippen LogP contribution is -2.58. The number of nitrogens with zero attached hydrogens (tertiary/aromatic N) is 1. The molecule has 1 aromatic carbocycles. The molecule has 26 heavy (non-hydrogen) atoms. The molecule has 4 nitrogen and oxygen atoms in total. The van der Waals surface area contributed by atoms with E-state index in [1.807, 2.05) is 22.6 Å². The molecule has 0 bridgehead atoms. The largest absolute Gasteiger partial charge is 0.493 e. The molecular weight excluding hydrogens is 488 g/mol. The van der Waals surface area contributed by atoms with Gasteiger partial charge in [-0.1, -0.05) is 0 Å². The van der Waals surface area contributed by atoms with Crippen molar-refractivity contribution in [2.45, 2.75) is 38.1 Å². The van der Waals surface area contributed by atoms with Crippen LogP contribution in [-0.4, -0.2) is 37.6 Å². The van der Waals surface area contributed by atoms with E-state index in [9.17, 15) is 30.7 Å². The smallest absolute Gasteiger partial charge is 0.462 e. The molecule has 0 heterocycles. The first kappa shape index (κ1) is 22.6. The van der Waals surface area contributed by atoms with Crippen LogP contribution >= 0.6 is 22.6 Å². The third-order valence-electron chi connectivity index (χ3n) is 2.78. The molecule has 0 amide bonds. The molecule has 1 aromatic rings. The third kappa shape index (κ3) is 5.04. The summed E-state index contributed by atoms with van der Waals surface area (Å²) in [6.07, 6.45) is -6.17. The average Bonchev–Trinajstić information content (AvgIpc) is 2.47. The molecule has 0 aliphatic heterocycles. The van der Waals surface area contributed by atoms with Gasteiger partial charge in [-0.3, -0.25) is 0 Å². The Morgan fingerprint density at radius 3 is 2.15 bits per heavy atom. The number of ether oxygens (including phenoxy) is 2. The summed E-state index contributed by atoms with van der Waals surface area (Å²) in [6.45, 7) is 3.32. The normalized spacial score (nSPS) is 13.4. The van der Waals surface area contributed by atoms with Crippen molar-refractivity contribution >= 4 is 28.8 Å². The Hall–Kier alpha value is -1.47. The van der Waals surface area contributed by atoms with Crippen molar-refractivity contribution in [2.24, 2.45) is 5.10 Å². The van der Waals surface area contributed by atoms with Crippen molar-refractivity contribution in [1.29, 1.82) is 0 Å². The van der Waals surface area contributed by atoms with Crippen LogP contribution in [0, 0.1) is 3.57 Å². The third-order valence-corrected chi connectivity index (χ3v) is 3.40. The number of hydrogen-bond donors (Lipinski definition) is 1. The molecule has 0 aliphatic carbocycles. The standard InChI is InChI=1S/C14H14F7IN2O2/c1-7(2)26-11-8(4-9(22)5-10(11)25-3)6-23-24-14(20,21)12(15,16)13(17,18)19/h4-7,24H,1-3H3/b23-6-. The molecule has 0 unspecified atom stereocenters. The lowest BCUT2D eigenvalue weighted by Gasteiger charge is -2.27. The van der Waals surface area contributed by atoms with Crippen molar-refractivity contribution in [2.75, 3.05) is 7.11 Å². The summed E-state index contributed by atoms with van der Waals surface area (Å²) >= 11 is 1.86. The number of hydrazone groups is 1. The van der Waals surface area contributed by atoms with E-state index in [-0.39, 0.29) is 23.2 Å². The predicted octanol–water partition coefficient (Wildman–Crippen LogP) is 4.80. The Labute approximate surface area is 157 Å². The maximum atomic E-state index is 13.2. The molecule has 0 saturated heterocycles. The topological polar surface area (TPSA) is 42.8 Å². The number of methoxy groups -OCH3 is 1. The minimum atomic E-state index is -6.45. The molecule has 148 valence electrons. The molecule has 12 heteroatoms. The average molecular weight is 502 g/mol. The molecular formula is C14H14F7IN2O2. The van der Waals surface area contributed by atoms with Crippen LogP contribution in [0.25, 0.3) is 0 Å². The summed E-state index contributed by atoms with van der Waals surface area (Å²) in [5, 5.41) is 2.83. The van der Waals surface area contributed by atoms with E-state index in [0.717, 1.165) is 0 Å². The Kier molecular flexibility index (Phi) is 6.98. The first-order valence-electron chi connectivity index (χ1n) is 6.89. The predicted molar refractivity (Wildman–Crippen MR) is 88.2 cm³/mol. The monoisotopic (exact) mass is 502 g/mol. The molecule has 1 N–H and O–H groups in total. The molecule has 0 aliphatic rings. The van der Waals surface area contributed by atoms with Crippen LogP contribution in [0.2, 0.25) is 0 Å². The molecule has 0 saturated carbocycles. The van der Waals surface area contributed by atoms with Crippen molar-refractivity contribution in [3.63, 3.8) is 0 Å². The lowest BCUT2D eigenvalue weighted by atomic mass is 10.2. The summed E-state index contributed by atoms with van der Waals surface area (Å²) < 4.78 is 99.3. The van der Waals surface area contributed by atoms with Gasteiger partial charge in [0, 0.05) is 9.13 Å². The maximum Gasteiger partial charge on any atom is 0.462 e. The fraction of sp³-hybridized carbons (Fsp3) is 0.500. The first-order valence-corrected chi connectivity index (χ1v) is 7.97. The van der Waals surface area contributed by atoms with E-state index in [1.54, 1.807) is 19.9 Å². The van der Waals surface area contributed by atoms with Gasteiger partial charge in [0.1, 0.15) is 0 Å². The second-order valence-electron chi connectivity index (χ2n) is 5.21. The zero-order chi connectivity index (χ0) is 20.3. The van der Waals surface area contributed by atoms with Crippen LogP contribution in [0.15, 0.2) is 17.2 Å². The van der Waals surface area contributed by atoms with Gasteiger partial charge >= 0.3 is 18.1 Å². The van der Waals surface area contributed by atoms with Gasteiger partial charge in [-0.2, -0.15) is 35.8 Å². The number of rotatable bonds is 7. The highest BCUT2D eigenvalue weighted by Crippen LogP contribution is 2.45. The van der Waals surface area contributed by atoms with Crippen LogP contribution in [0.5, 0.6) is 11.5 Å². The number of halogens is 8. The van der Waals surface area contributed by atoms with Gasteiger partial charge in [-0.25, -0.2) is 5.43 Å². The fourth-order valence-corrected chi connectivity index (χ4v) is 2.25. The molecule has 0 spiro atoms. The Balaban J connectivity index is 3.17. The lowest BCUT2D eigenvalue weighted by molar-refractivity contribution is -0.361. The van der Waals surface area contributed by atoms with Crippen molar-refractivity contribution in [3.8, 4) is 11.5 Å². The van der Waals surface area contributed by atoms with Gasteiger partial charge in [0.15, 0.2) is 11.5 Å². The fourth-order valence-electron chi connectivity index (χ4n) is 1.63. The Morgan fingerprint density at radius 2 is 1.69 bits per heavy atom. The summed E-state index contributed by atoms with van der Waals surface area (Å²) in [5.74, 6) is -6.03. The van der Waals surface area contributed by atoms with E-state index in [4.69, 9.17) is 9.47 Å².